The van der Waals surface area contributed by atoms with Gasteiger partial charge in [0.25, 0.3) is 0 Å². The lowest BCUT2D eigenvalue weighted by Gasteiger charge is -2.17. The largest absolute Gasteiger partial charge is 0.508 e. The molecule has 1 fully saturated rings. The van der Waals surface area contributed by atoms with Crippen molar-refractivity contribution >= 4 is 17.5 Å². The van der Waals surface area contributed by atoms with Gasteiger partial charge >= 0.3 is 0 Å². The fourth-order valence-corrected chi connectivity index (χ4v) is 3.04. The highest BCUT2D eigenvalue weighted by Crippen LogP contribution is 2.25. The van der Waals surface area contributed by atoms with Gasteiger partial charge in [-0.3, -0.25) is 9.59 Å². The summed E-state index contributed by atoms with van der Waals surface area (Å²) in [6.07, 6.45) is 0.883. The molecule has 1 heterocycles. The van der Waals surface area contributed by atoms with Gasteiger partial charge in [-0.25, -0.2) is 0 Å². The first-order valence-corrected chi connectivity index (χ1v) is 8.45. The van der Waals surface area contributed by atoms with Crippen LogP contribution in [0.3, 0.4) is 0 Å². The molecule has 1 saturated heterocycles. The summed E-state index contributed by atoms with van der Waals surface area (Å²) in [6, 6.07) is 14.7. The van der Waals surface area contributed by atoms with Gasteiger partial charge in [0.05, 0.1) is 5.92 Å². The molecule has 5 heteroatoms. The topological polar surface area (TPSA) is 69.6 Å². The van der Waals surface area contributed by atoms with Gasteiger partial charge in [0, 0.05) is 25.2 Å². The minimum atomic E-state index is -0.321. The van der Waals surface area contributed by atoms with Crippen molar-refractivity contribution in [1.82, 2.24) is 5.32 Å². The van der Waals surface area contributed by atoms with Gasteiger partial charge in [0.2, 0.25) is 11.8 Å². The third kappa shape index (κ3) is 4.18. The lowest BCUT2D eigenvalue weighted by atomic mass is 10.1. The van der Waals surface area contributed by atoms with Gasteiger partial charge in [-0.15, -0.1) is 0 Å². The maximum atomic E-state index is 12.3. The van der Waals surface area contributed by atoms with Gasteiger partial charge in [-0.1, -0.05) is 29.8 Å². The molecule has 5 nitrogen and oxygen atoms in total. The molecule has 2 N–H and O–H groups in total. The van der Waals surface area contributed by atoms with Gasteiger partial charge in [-0.2, -0.15) is 0 Å². The quantitative estimate of drug-likeness (QED) is 0.880. The number of nitrogens with one attached hydrogen (secondary N) is 1. The van der Waals surface area contributed by atoms with E-state index >= 15 is 0 Å². The molecule has 25 heavy (non-hydrogen) atoms. The fraction of sp³-hybridized carbons (Fsp3) is 0.300. The molecule has 2 aromatic rings. The molecule has 1 aliphatic heterocycles. The lowest BCUT2D eigenvalue weighted by Crippen LogP contribution is -2.34. The zero-order valence-corrected chi connectivity index (χ0v) is 14.2. The number of anilines is 1. The number of aryl methyl sites for hydroxylation is 1. The summed E-state index contributed by atoms with van der Waals surface area (Å²) >= 11 is 0. The van der Waals surface area contributed by atoms with Crippen LogP contribution in [0.15, 0.2) is 48.5 Å². The molecule has 1 aliphatic rings. The van der Waals surface area contributed by atoms with E-state index in [9.17, 15) is 14.7 Å². The minimum Gasteiger partial charge on any atom is -0.508 e. The van der Waals surface area contributed by atoms with Crippen LogP contribution in [0.2, 0.25) is 0 Å². The number of benzene rings is 2. The highest BCUT2D eigenvalue weighted by atomic mass is 16.3. The molecule has 0 radical (unpaired) electrons. The third-order valence-corrected chi connectivity index (χ3v) is 4.46. The summed E-state index contributed by atoms with van der Waals surface area (Å²) in [4.78, 5) is 26.2. The standard InChI is InChI=1S/C20H22N2O3/c1-14-5-7-17(8-6-14)22-13-16(12-19(22)24)20(25)21-10-9-15-3-2-4-18(23)11-15/h2-8,11,16,23H,9-10,12-13H2,1H3,(H,21,25)/t16-/m1/s1. The Labute approximate surface area is 147 Å². The van der Waals surface area contributed by atoms with Crippen LogP contribution in [0, 0.1) is 12.8 Å². The fourth-order valence-electron chi connectivity index (χ4n) is 3.04. The summed E-state index contributed by atoms with van der Waals surface area (Å²) in [7, 11) is 0. The van der Waals surface area contributed by atoms with Gasteiger partial charge < -0.3 is 15.3 Å². The Morgan fingerprint density at radius 2 is 2.00 bits per heavy atom. The molecule has 2 aromatic carbocycles. The van der Waals surface area contributed by atoms with Crippen LogP contribution in [0.5, 0.6) is 5.75 Å². The van der Waals surface area contributed by atoms with E-state index in [1.165, 1.54) is 0 Å². The normalized spacial score (nSPS) is 16.9. The molecule has 2 amide bonds. The second kappa shape index (κ2) is 7.38. The first-order chi connectivity index (χ1) is 12.0. The van der Waals surface area contributed by atoms with Crippen LogP contribution >= 0.6 is 0 Å². The van der Waals surface area contributed by atoms with Crippen molar-refractivity contribution in [2.24, 2.45) is 5.92 Å². The van der Waals surface area contributed by atoms with Crippen LogP contribution in [0.4, 0.5) is 5.69 Å². The van der Waals surface area contributed by atoms with Crippen molar-refractivity contribution in [3.05, 3.63) is 59.7 Å². The van der Waals surface area contributed by atoms with Gasteiger partial charge in [0.15, 0.2) is 0 Å². The summed E-state index contributed by atoms with van der Waals surface area (Å²) in [5, 5.41) is 12.3. The Morgan fingerprint density at radius 3 is 2.72 bits per heavy atom. The number of hydrogen-bond acceptors (Lipinski definition) is 3. The van der Waals surface area contributed by atoms with E-state index < -0.39 is 0 Å². The maximum absolute atomic E-state index is 12.3. The number of hydrogen-bond donors (Lipinski definition) is 2. The number of aromatic hydroxyl groups is 1. The second-order valence-corrected chi connectivity index (χ2v) is 6.45. The summed E-state index contributed by atoms with van der Waals surface area (Å²) in [5.74, 6) is -0.211. The van der Waals surface area contributed by atoms with Crippen LogP contribution in [-0.2, 0) is 16.0 Å². The van der Waals surface area contributed by atoms with Crippen molar-refractivity contribution in [2.45, 2.75) is 19.8 Å². The van der Waals surface area contributed by atoms with Crippen LogP contribution in [0.1, 0.15) is 17.5 Å². The van der Waals surface area contributed by atoms with E-state index in [4.69, 9.17) is 0 Å². The zero-order valence-electron chi connectivity index (χ0n) is 14.2. The predicted octanol–water partition coefficient (Wildman–Crippen LogP) is 2.41. The third-order valence-electron chi connectivity index (χ3n) is 4.46. The molecule has 0 unspecified atom stereocenters. The van der Waals surface area contributed by atoms with Gasteiger partial charge in [-0.05, 0) is 43.2 Å². The number of nitrogens with zero attached hydrogens (tertiary/aromatic N) is 1. The summed E-state index contributed by atoms with van der Waals surface area (Å²) in [5.41, 5.74) is 2.94. The Kier molecular flexibility index (Phi) is 5.03. The maximum Gasteiger partial charge on any atom is 0.227 e. The molecule has 0 aromatic heterocycles. The Bertz CT molecular complexity index is 771. The van der Waals surface area contributed by atoms with Crippen molar-refractivity contribution in [3.8, 4) is 5.75 Å². The van der Waals surface area contributed by atoms with Crippen molar-refractivity contribution in [2.75, 3.05) is 18.0 Å². The number of carbonyl (C=O) groups excluding carboxylic acids is 2. The monoisotopic (exact) mass is 338 g/mol. The number of carbonyl (C=O) groups is 2. The predicted molar refractivity (Wildman–Crippen MR) is 96.5 cm³/mol. The summed E-state index contributed by atoms with van der Waals surface area (Å²) < 4.78 is 0. The number of phenols is 1. The Morgan fingerprint density at radius 1 is 1.24 bits per heavy atom. The van der Waals surface area contributed by atoms with Crippen molar-refractivity contribution in [3.63, 3.8) is 0 Å². The molecule has 1 atom stereocenters. The lowest BCUT2D eigenvalue weighted by molar-refractivity contribution is -0.126. The van der Waals surface area contributed by atoms with Crippen molar-refractivity contribution in [1.29, 1.82) is 0 Å². The smallest absolute Gasteiger partial charge is 0.227 e. The number of phenolic OH excluding ortho intramolecular Hbond substituents is 1. The van der Waals surface area contributed by atoms with Crippen molar-refractivity contribution < 1.29 is 14.7 Å². The molecule has 0 bridgehead atoms. The minimum absolute atomic E-state index is 0.0167. The average molecular weight is 338 g/mol. The molecule has 0 spiro atoms. The molecule has 0 aliphatic carbocycles. The van der Waals surface area contributed by atoms with E-state index in [0.29, 0.717) is 19.5 Å². The first-order valence-electron chi connectivity index (χ1n) is 8.45. The van der Waals surface area contributed by atoms with E-state index in [1.807, 2.05) is 37.3 Å². The van der Waals surface area contributed by atoms with Crippen LogP contribution in [-0.4, -0.2) is 30.0 Å². The van der Waals surface area contributed by atoms with E-state index in [2.05, 4.69) is 5.32 Å². The number of rotatable bonds is 5. The van der Waals surface area contributed by atoms with E-state index in [0.717, 1.165) is 16.8 Å². The van der Waals surface area contributed by atoms with Gasteiger partial charge in [0.1, 0.15) is 5.75 Å². The molecule has 0 saturated carbocycles. The summed E-state index contributed by atoms with van der Waals surface area (Å²) in [6.45, 7) is 2.90. The highest BCUT2D eigenvalue weighted by molar-refractivity contribution is 6.00. The molecule has 3 rings (SSSR count). The average Bonchev–Trinajstić information content (AvgIpc) is 2.97. The van der Waals surface area contributed by atoms with E-state index in [1.54, 1.807) is 23.1 Å². The van der Waals surface area contributed by atoms with Crippen LogP contribution < -0.4 is 10.2 Å². The van der Waals surface area contributed by atoms with Crippen LogP contribution in [0.25, 0.3) is 0 Å². The number of amides is 2. The molecular weight excluding hydrogens is 316 g/mol. The molecular formula is C20H22N2O3. The SMILES string of the molecule is Cc1ccc(N2C[C@H](C(=O)NCCc3cccc(O)c3)CC2=O)cc1. The Hall–Kier alpha value is -2.82. The second-order valence-electron chi connectivity index (χ2n) is 6.45. The molecule has 130 valence electrons. The van der Waals surface area contributed by atoms with E-state index in [-0.39, 0.29) is 29.9 Å². The Balaban J connectivity index is 1.53. The zero-order chi connectivity index (χ0) is 17.8. The highest BCUT2D eigenvalue weighted by Gasteiger charge is 2.34. The first kappa shape index (κ1) is 17.0.